The van der Waals surface area contributed by atoms with E-state index in [2.05, 4.69) is 5.32 Å². The van der Waals surface area contributed by atoms with Crippen molar-refractivity contribution in [3.63, 3.8) is 0 Å². The first-order chi connectivity index (χ1) is 14.8. The molecule has 2 aromatic rings. The predicted octanol–water partition coefficient (Wildman–Crippen LogP) is -0.177. The average molecular weight is 429 g/mol. The maximum atomic E-state index is 13.9. The highest BCUT2D eigenvalue weighted by molar-refractivity contribution is 5.93. The number of nitrogens with zero attached hydrogens (tertiary/aromatic N) is 1. The summed E-state index contributed by atoms with van der Waals surface area (Å²) in [5, 5.41) is 2.98. The molecule has 1 heterocycles. The normalized spacial score (nSPS) is 15.5. The number of piperazine rings is 1. The molecule has 1 aliphatic rings. The van der Waals surface area contributed by atoms with Crippen LogP contribution in [0.3, 0.4) is 0 Å². The number of nitrogens with one attached hydrogen (secondary N) is 3. The van der Waals surface area contributed by atoms with E-state index in [1.807, 2.05) is 56.1 Å². The van der Waals surface area contributed by atoms with Gasteiger partial charge in [0.25, 0.3) is 11.8 Å². The van der Waals surface area contributed by atoms with Gasteiger partial charge in [-0.2, -0.15) is 0 Å². The SMILES string of the molecule is Cc1cccc(C)c1NC(=O)C[NH+](C)CC(=O)N1CC[NH+](Cc2ccccc2F)CC1. The molecule has 0 aliphatic carbocycles. The van der Waals surface area contributed by atoms with E-state index >= 15 is 0 Å². The molecule has 0 spiro atoms. The van der Waals surface area contributed by atoms with Gasteiger partial charge in [-0.05, 0) is 31.0 Å². The molecule has 0 bridgehead atoms. The number of anilines is 1. The average Bonchev–Trinajstić information content (AvgIpc) is 2.73. The van der Waals surface area contributed by atoms with Crippen molar-refractivity contribution < 1.29 is 23.8 Å². The Bertz CT molecular complexity index is 905. The second-order valence-electron chi connectivity index (χ2n) is 8.52. The fraction of sp³-hybridized carbons (Fsp3) is 0.417. The van der Waals surface area contributed by atoms with Crippen molar-refractivity contribution in [1.29, 1.82) is 0 Å². The predicted molar refractivity (Wildman–Crippen MR) is 119 cm³/mol. The van der Waals surface area contributed by atoms with E-state index in [4.69, 9.17) is 0 Å². The van der Waals surface area contributed by atoms with Crippen molar-refractivity contribution in [2.24, 2.45) is 0 Å². The van der Waals surface area contributed by atoms with Crippen LogP contribution in [0.15, 0.2) is 42.5 Å². The zero-order chi connectivity index (χ0) is 22.4. The minimum atomic E-state index is -0.169. The summed E-state index contributed by atoms with van der Waals surface area (Å²) in [5.41, 5.74) is 3.62. The first kappa shape index (κ1) is 22.9. The number of rotatable bonds is 7. The molecule has 0 saturated carbocycles. The van der Waals surface area contributed by atoms with Gasteiger partial charge in [0, 0.05) is 11.3 Å². The monoisotopic (exact) mass is 428 g/mol. The van der Waals surface area contributed by atoms with E-state index in [9.17, 15) is 14.0 Å². The smallest absolute Gasteiger partial charge is 0.279 e. The summed E-state index contributed by atoms with van der Waals surface area (Å²) < 4.78 is 13.9. The molecule has 1 saturated heterocycles. The summed E-state index contributed by atoms with van der Waals surface area (Å²) >= 11 is 0. The van der Waals surface area contributed by atoms with Crippen molar-refractivity contribution in [3.8, 4) is 0 Å². The standard InChI is InChI=1S/C24H31FN4O2/c1-18-7-6-8-19(2)24(18)26-22(30)16-27(3)17-23(31)29-13-11-28(12-14-29)15-20-9-4-5-10-21(20)25/h4-10H,11-17H2,1-3H3,(H,26,30)/p+2. The van der Waals surface area contributed by atoms with Crippen molar-refractivity contribution in [1.82, 2.24) is 4.90 Å². The van der Waals surface area contributed by atoms with Crippen molar-refractivity contribution in [3.05, 3.63) is 65.0 Å². The van der Waals surface area contributed by atoms with Gasteiger partial charge in [-0.15, -0.1) is 0 Å². The van der Waals surface area contributed by atoms with Crippen molar-refractivity contribution in [2.75, 3.05) is 51.6 Å². The molecular weight excluding hydrogens is 395 g/mol. The highest BCUT2D eigenvalue weighted by Crippen LogP contribution is 2.18. The third-order valence-electron chi connectivity index (χ3n) is 5.88. The molecule has 31 heavy (non-hydrogen) atoms. The summed E-state index contributed by atoms with van der Waals surface area (Å²) in [5.74, 6) is -0.206. The molecule has 0 aromatic heterocycles. The zero-order valence-electron chi connectivity index (χ0n) is 18.6. The highest BCUT2D eigenvalue weighted by Gasteiger charge is 2.26. The fourth-order valence-electron chi connectivity index (χ4n) is 4.06. The molecule has 2 amide bonds. The van der Waals surface area contributed by atoms with Gasteiger partial charge < -0.3 is 20.0 Å². The molecule has 2 aromatic carbocycles. The topological polar surface area (TPSA) is 58.3 Å². The molecule has 1 aliphatic heterocycles. The van der Waals surface area contributed by atoms with Crippen LogP contribution in [0, 0.1) is 19.7 Å². The number of amides is 2. The van der Waals surface area contributed by atoms with Crippen LogP contribution in [0.5, 0.6) is 0 Å². The van der Waals surface area contributed by atoms with Crippen LogP contribution in [0.4, 0.5) is 10.1 Å². The van der Waals surface area contributed by atoms with Crippen LogP contribution in [0.1, 0.15) is 16.7 Å². The van der Waals surface area contributed by atoms with E-state index in [0.29, 0.717) is 19.6 Å². The lowest BCUT2D eigenvalue weighted by Gasteiger charge is -2.32. The molecule has 1 fully saturated rings. The molecule has 0 radical (unpaired) electrons. The highest BCUT2D eigenvalue weighted by atomic mass is 19.1. The number of aryl methyl sites for hydroxylation is 2. The van der Waals surface area contributed by atoms with Crippen molar-refractivity contribution >= 4 is 17.5 Å². The van der Waals surface area contributed by atoms with Gasteiger partial charge in [-0.1, -0.05) is 36.4 Å². The maximum Gasteiger partial charge on any atom is 0.279 e. The summed E-state index contributed by atoms with van der Waals surface area (Å²) in [4.78, 5) is 29.1. The number of benzene rings is 2. The van der Waals surface area contributed by atoms with E-state index in [1.54, 1.807) is 6.07 Å². The van der Waals surface area contributed by atoms with E-state index in [0.717, 1.165) is 40.4 Å². The Kier molecular flexibility index (Phi) is 7.76. The fourth-order valence-corrected chi connectivity index (χ4v) is 4.06. The van der Waals surface area contributed by atoms with Gasteiger partial charge in [0.05, 0.1) is 33.2 Å². The van der Waals surface area contributed by atoms with Crippen LogP contribution >= 0.6 is 0 Å². The molecule has 166 valence electrons. The second kappa shape index (κ2) is 10.5. The molecule has 7 heteroatoms. The Hall–Kier alpha value is -2.77. The number of carbonyl (C=O) groups is 2. The van der Waals surface area contributed by atoms with Crippen LogP contribution in [-0.4, -0.2) is 63.0 Å². The summed E-state index contributed by atoms with van der Waals surface area (Å²) in [7, 11) is 1.86. The third-order valence-corrected chi connectivity index (χ3v) is 5.88. The van der Waals surface area contributed by atoms with Crippen LogP contribution in [0.2, 0.25) is 0 Å². The van der Waals surface area contributed by atoms with Gasteiger partial charge in [-0.25, -0.2) is 4.39 Å². The molecule has 3 N–H and O–H groups in total. The van der Waals surface area contributed by atoms with E-state index < -0.39 is 0 Å². The van der Waals surface area contributed by atoms with Gasteiger partial charge >= 0.3 is 0 Å². The number of hydrogen-bond acceptors (Lipinski definition) is 2. The van der Waals surface area contributed by atoms with E-state index in [-0.39, 0.29) is 30.7 Å². The van der Waals surface area contributed by atoms with Crippen molar-refractivity contribution in [2.45, 2.75) is 20.4 Å². The van der Waals surface area contributed by atoms with Gasteiger partial charge in [0.2, 0.25) is 0 Å². The summed E-state index contributed by atoms with van der Waals surface area (Å²) in [6, 6.07) is 12.8. The Balaban J connectivity index is 1.43. The molecule has 6 nitrogen and oxygen atoms in total. The van der Waals surface area contributed by atoms with Crippen LogP contribution in [-0.2, 0) is 16.1 Å². The van der Waals surface area contributed by atoms with Crippen LogP contribution < -0.4 is 15.1 Å². The quantitative estimate of drug-likeness (QED) is 0.573. The number of para-hydroxylation sites is 1. The number of quaternary nitrogens is 2. The number of hydrogen-bond donors (Lipinski definition) is 3. The molecule has 3 rings (SSSR count). The van der Waals surface area contributed by atoms with Crippen LogP contribution in [0.25, 0.3) is 0 Å². The molecular formula is C24H33FN4O2+2. The minimum Gasteiger partial charge on any atom is -0.328 e. The lowest BCUT2D eigenvalue weighted by molar-refractivity contribution is -0.918. The zero-order valence-corrected chi connectivity index (χ0v) is 18.6. The van der Waals surface area contributed by atoms with Gasteiger partial charge in [0.15, 0.2) is 13.1 Å². The summed E-state index contributed by atoms with van der Waals surface area (Å²) in [6.45, 7) is 8.00. The minimum absolute atomic E-state index is 0.0577. The number of likely N-dealkylation sites (N-methyl/N-ethyl adjacent to an activating group) is 1. The number of halogens is 1. The Morgan fingerprint density at radius 2 is 1.68 bits per heavy atom. The maximum absolute atomic E-state index is 13.9. The lowest BCUT2D eigenvalue weighted by atomic mass is 10.1. The third kappa shape index (κ3) is 6.35. The largest absolute Gasteiger partial charge is 0.328 e. The molecule has 1 unspecified atom stereocenters. The van der Waals surface area contributed by atoms with Gasteiger partial charge in [-0.3, -0.25) is 9.59 Å². The second-order valence-corrected chi connectivity index (χ2v) is 8.52. The Morgan fingerprint density at radius 1 is 1.03 bits per heavy atom. The van der Waals surface area contributed by atoms with Gasteiger partial charge in [0.1, 0.15) is 12.4 Å². The Labute approximate surface area is 183 Å². The van der Waals surface area contributed by atoms with E-state index in [1.165, 1.54) is 11.0 Å². The summed E-state index contributed by atoms with van der Waals surface area (Å²) in [6.07, 6.45) is 0. The first-order valence-corrected chi connectivity index (χ1v) is 10.9. The first-order valence-electron chi connectivity index (χ1n) is 10.9. The Morgan fingerprint density at radius 3 is 2.32 bits per heavy atom. The number of carbonyl (C=O) groups excluding carboxylic acids is 2. The molecule has 1 atom stereocenters. The lowest BCUT2D eigenvalue weighted by Crippen LogP contribution is -3.14.